The number of benzene rings is 1. The van der Waals surface area contributed by atoms with Gasteiger partial charge in [0.05, 0.1) is 0 Å². The van der Waals surface area contributed by atoms with E-state index in [0.717, 1.165) is 6.54 Å². The number of para-hydroxylation sites is 1. The molecule has 112 valence electrons. The first-order valence-electron chi connectivity index (χ1n) is 7.35. The van der Waals surface area contributed by atoms with E-state index in [-0.39, 0.29) is 12.4 Å². The predicted molar refractivity (Wildman–Crippen MR) is 77.3 cm³/mol. The van der Waals surface area contributed by atoms with Crippen molar-refractivity contribution >= 4 is 0 Å². The van der Waals surface area contributed by atoms with Crippen LogP contribution in [-0.2, 0) is 0 Å². The second-order valence-corrected chi connectivity index (χ2v) is 6.04. The van der Waals surface area contributed by atoms with Gasteiger partial charge in [-0.25, -0.2) is 4.39 Å². The van der Waals surface area contributed by atoms with Crippen LogP contribution in [0.4, 0.5) is 4.39 Å². The minimum absolute atomic E-state index is 0.102. The van der Waals surface area contributed by atoms with E-state index in [1.165, 1.54) is 31.7 Å². The lowest BCUT2D eigenvalue weighted by Gasteiger charge is -2.24. The summed E-state index contributed by atoms with van der Waals surface area (Å²) in [5.41, 5.74) is 0.367. The van der Waals surface area contributed by atoms with Crippen molar-refractivity contribution in [1.82, 2.24) is 5.32 Å². The molecule has 3 nitrogen and oxygen atoms in total. The summed E-state index contributed by atoms with van der Waals surface area (Å²) < 4.78 is 18.6. The van der Waals surface area contributed by atoms with Crippen LogP contribution >= 0.6 is 0 Å². The molecule has 0 spiro atoms. The molecule has 1 aliphatic carbocycles. The van der Waals surface area contributed by atoms with Crippen molar-refractivity contribution in [2.75, 3.05) is 19.7 Å². The topological polar surface area (TPSA) is 41.5 Å². The first-order valence-corrected chi connectivity index (χ1v) is 7.35. The molecule has 0 aliphatic heterocycles. The Kier molecular flexibility index (Phi) is 5.38. The van der Waals surface area contributed by atoms with Gasteiger partial charge in [0.1, 0.15) is 12.7 Å². The molecule has 1 atom stereocenters. The fraction of sp³-hybridized carbons (Fsp3) is 0.625. The van der Waals surface area contributed by atoms with Gasteiger partial charge in [-0.05, 0) is 30.4 Å². The van der Waals surface area contributed by atoms with Gasteiger partial charge in [0.25, 0.3) is 0 Å². The largest absolute Gasteiger partial charge is 0.488 e. The Balaban J connectivity index is 1.65. The van der Waals surface area contributed by atoms with Crippen molar-refractivity contribution in [2.24, 2.45) is 5.41 Å². The van der Waals surface area contributed by atoms with Crippen molar-refractivity contribution in [3.8, 4) is 5.75 Å². The highest BCUT2D eigenvalue weighted by Gasteiger charge is 2.28. The third-order valence-electron chi connectivity index (χ3n) is 4.01. The maximum absolute atomic E-state index is 13.3. The van der Waals surface area contributed by atoms with E-state index in [9.17, 15) is 9.50 Å². The molecule has 2 rings (SSSR count). The molecule has 0 heterocycles. The Morgan fingerprint density at radius 3 is 2.75 bits per heavy atom. The Morgan fingerprint density at radius 2 is 2.05 bits per heavy atom. The number of hydrogen-bond acceptors (Lipinski definition) is 3. The van der Waals surface area contributed by atoms with Crippen molar-refractivity contribution in [2.45, 2.75) is 38.7 Å². The van der Waals surface area contributed by atoms with Crippen LogP contribution in [0.5, 0.6) is 5.75 Å². The fourth-order valence-electron chi connectivity index (χ4n) is 2.75. The zero-order chi connectivity index (χ0) is 14.4. The van der Waals surface area contributed by atoms with Gasteiger partial charge >= 0.3 is 0 Å². The van der Waals surface area contributed by atoms with E-state index < -0.39 is 11.9 Å². The van der Waals surface area contributed by atoms with Crippen LogP contribution in [0.3, 0.4) is 0 Å². The molecule has 0 saturated heterocycles. The Bertz CT molecular complexity index is 419. The van der Waals surface area contributed by atoms with Crippen LogP contribution in [0, 0.1) is 11.2 Å². The van der Waals surface area contributed by atoms with Crippen LogP contribution in [0.15, 0.2) is 24.3 Å². The van der Waals surface area contributed by atoms with Crippen molar-refractivity contribution in [1.29, 1.82) is 0 Å². The number of ether oxygens (including phenoxy) is 1. The summed E-state index contributed by atoms with van der Waals surface area (Å²) in [7, 11) is 0. The second kappa shape index (κ2) is 7.04. The highest BCUT2D eigenvalue weighted by Crippen LogP contribution is 2.36. The number of halogens is 1. The summed E-state index contributed by atoms with van der Waals surface area (Å²) in [6.45, 7) is 3.79. The summed E-state index contributed by atoms with van der Waals surface area (Å²) in [5, 5.41) is 13.1. The number of nitrogens with one attached hydrogen (secondary N) is 1. The summed E-state index contributed by atoms with van der Waals surface area (Å²) in [5.74, 6) is -0.208. The van der Waals surface area contributed by atoms with E-state index in [4.69, 9.17) is 4.74 Å². The predicted octanol–water partition coefficient (Wildman–Crippen LogP) is 2.74. The van der Waals surface area contributed by atoms with E-state index in [0.29, 0.717) is 12.0 Å². The number of aliphatic hydroxyl groups excluding tert-OH is 1. The summed E-state index contributed by atoms with van der Waals surface area (Å²) in [4.78, 5) is 0. The smallest absolute Gasteiger partial charge is 0.165 e. The highest BCUT2D eigenvalue weighted by atomic mass is 19.1. The normalized spacial score (nSPS) is 18.9. The van der Waals surface area contributed by atoms with E-state index in [1.807, 2.05) is 0 Å². The Labute approximate surface area is 120 Å². The molecular formula is C16H24FNO2. The molecule has 2 N–H and O–H groups in total. The highest BCUT2D eigenvalue weighted by molar-refractivity contribution is 5.23. The van der Waals surface area contributed by atoms with Crippen molar-refractivity contribution in [3.63, 3.8) is 0 Å². The number of aliphatic hydroxyl groups is 1. The molecule has 0 aromatic heterocycles. The third kappa shape index (κ3) is 4.46. The maximum atomic E-state index is 13.3. The Morgan fingerprint density at radius 1 is 1.35 bits per heavy atom. The average molecular weight is 281 g/mol. The Hall–Kier alpha value is -1.13. The first kappa shape index (κ1) is 15.3. The summed E-state index contributed by atoms with van der Waals surface area (Å²) >= 11 is 0. The van der Waals surface area contributed by atoms with Crippen LogP contribution in [0.2, 0.25) is 0 Å². The van der Waals surface area contributed by atoms with Crippen LogP contribution < -0.4 is 10.1 Å². The number of rotatable bonds is 7. The zero-order valence-electron chi connectivity index (χ0n) is 12.1. The second-order valence-electron chi connectivity index (χ2n) is 6.04. The lowest BCUT2D eigenvalue weighted by atomic mass is 9.89. The van der Waals surface area contributed by atoms with Crippen LogP contribution in [-0.4, -0.2) is 30.9 Å². The van der Waals surface area contributed by atoms with Crippen molar-refractivity contribution < 1.29 is 14.2 Å². The average Bonchev–Trinajstić information content (AvgIpc) is 2.85. The molecule has 0 radical (unpaired) electrons. The molecule has 1 fully saturated rings. The van der Waals surface area contributed by atoms with Gasteiger partial charge in [-0.3, -0.25) is 0 Å². The summed E-state index contributed by atoms with van der Waals surface area (Å²) in [6.07, 6.45) is 4.48. The molecule has 0 amide bonds. The quantitative estimate of drug-likeness (QED) is 0.807. The first-order chi connectivity index (χ1) is 9.59. The molecule has 1 unspecified atom stereocenters. The zero-order valence-corrected chi connectivity index (χ0v) is 12.1. The third-order valence-corrected chi connectivity index (χ3v) is 4.01. The minimum atomic E-state index is -0.625. The summed E-state index contributed by atoms with van der Waals surface area (Å²) in [6, 6.07) is 6.24. The number of hydrogen-bond donors (Lipinski definition) is 2. The van der Waals surface area contributed by atoms with E-state index >= 15 is 0 Å². The van der Waals surface area contributed by atoms with Gasteiger partial charge in [-0.2, -0.15) is 0 Å². The SMILES string of the molecule is CC1(CNCC(O)COc2ccccc2F)CCCC1. The van der Waals surface area contributed by atoms with Gasteiger partial charge < -0.3 is 15.2 Å². The maximum Gasteiger partial charge on any atom is 0.165 e. The van der Waals surface area contributed by atoms with Gasteiger partial charge in [0.15, 0.2) is 11.6 Å². The standard InChI is InChI=1S/C16H24FNO2/c1-16(8-4-5-9-16)12-18-10-13(19)11-20-15-7-3-2-6-14(15)17/h2-3,6-7,13,18-19H,4-5,8-12H2,1H3. The van der Waals surface area contributed by atoms with Gasteiger partial charge in [-0.15, -0.1) is 0 Å². The van der Waals surface area contributed by atoms with Gasteiger partial charge in [0, 0.05) is 13.1 Å². The van der Waals surface area contributed by atoms with Gasteiger partial charge in [0.2, 0.25) is 0 Å². The molecule has 1 aromatic carbocycles. The van der Waals surface area contributed by atoms with Gasteiger partial charge in [-0.1, -0.05) is 31.9 Å². The lowest BCUT2D eigenvalue weighted by Crippen LogP contribution is -2.37. The lowest BCUT2D eigenvalue weighted by molar-refractivity contribution is 0.101. The van der Waals surface area contributed by atoms with E-state index in [2.05, 4.69) is 12.2 Å². The van der Waals surface area contributed by atoms with Crippen molar-refractivity contribution in [3.05, 3.63) is 30.1 Å². The molecule has 1 saturated carbocycles. The monoisotopic (exact) mass is 281 g/mol. The molecule has 1 aliphatic rings. The minimum Gasteiger partial charge on any atom is -0.488 e. The van der Waals surface area contributed by atoms with Crippen LogP contribution in [0.1, 0.15) is 32.6 Å². The molecule has 1 aromatic rings. The molecule has 20 heavy (non-hydrogen) atoms. The fourth-order valence-corrected chi connectivity index (χ4v) is 2.75. The molecule has 4 heteroatoms. The molecule has 0 bridgehead atoms. The molecular weight excluding hydrogens is 257 g/mol. The van der Waals surface area contributed by atoms with Crippen LogP contribution in [0.25, 0.3) is 0 Å². The van der Waals surface area contributed by atoms with E-state index in [1.54, 1.807) is 18.2 Å².